The third kappa shape index (κ3) is 3.84. The smallest absolute Gasteiger partial charge is 0.269 e. The molecular formula is C22H22N4O4. The van der Waals surface area contributed by atoms with Crippen LogP contribution in [0.2, 0.25) is 0 Å². The monoisotopic (exact) mass is 406 g/mol. The standard InChI is InChI=1S/C22H22N4O4/c1-14-11-21(26(24-14)16-7-5-4-6-8-16)23-22(27)20-13-17(25-30-20)15-9-10-18(28-2)19(12-15)29-3/h4-12,20H,13H2,1-3H3,(H,23,27)/t20-/m1/s1. The fraction of sp³-hybridized carbons (Fsp3) is 0.227. The van der Waals surface area contributed by atoms with Gasteiger partial charge in [-0.15, -0.1) is 0 Å². The third-order valence-corrected chi connectivity index (χ3v) is 4.76. The van der Waals surface area contributed by atoms with Gasteiger partial charge in [-0.25, -0.2) is 4.68 Å². The zero-order valence-corrected chi connectivity index (χ0v) is 17.0. The second-order valence-electron chi connectivity index (χ2n) is 6.81. The Morgan fingerprint density at radius 1 is 1.10 bits per heavy atom. The van der Waals surface area contributed by atoms with Crippen molar-refractivity contribution in [2.24, 2.45) is 5.16 Å². The highest BCUT2D eigenvalue weighted by Gasteiger charge is 2.30. The average Bonchev–Trinajstić information content (AvgIpc) is 3.41. The molecule has 2 heterocycles. The van der Waals surface area contributed by atoms with Crippen molar-refractivity contribution in [1.82, 2.24) is 9.78 Å². The van der Waals surface area contributed by atoms with Crippen LogP contribution in [0.4, 0.5) is 5.82 Å². The maximum atomic E-state index is 12.8. The molecule has 0 aliphatic carbocycles. The van der Waals surface area contributed by atoms with E-state index in [1.54, 1.807) is 25.0 Å². The fourth-order valence-corrected chi connectivity index (χ4v) is 3.27. The van der Waals surface area contributed by atoms with Crippen LogP contribution in [0.3, 0.4) is 0 Å². The van der Waals surface area contributed by atoms with Crippen LogP contribution in [-0.4, -0.2) is 41.7 Å². The lowest BCUT2D eigenvalue weighted by Crippen LogP contribution is -2.29. The molecule has 0 saturated heterocycles. The summed E-state index contributed by atoms with van der Waals surface area (Å²) in [5.41, 5.74) is 3.14. The van der Waals surface area contributed by atoms with Crippen LogP contribution in [0.15, 0.2) is 59.8 Å². The Morgan fingerprint density at radius 2 is 1.87 bits per heavy atom. The number of hydrogen-bond donors (Lipinski definition) is 1. The number of nitrogens with one attached hydrogen (secondary N) is 1. The number of oxime groups is 1. The SMILES string of the molecule is COc1ccc(C2=NO[C@@H](C(=O)Nc3cc(C)nn3-c3ccccc3)C2)cc1OC. The minimum Gasteiger partial charge on any atom is -0.493 e. The van der Waals surface area contributed by atoms with Gasteiger partial charge in [0.05, 0.1) is 31.3 Å². The van der Waals surface area contributed by atoms with Crippen molar-refractivity contribution in [3.63, 3.8) is 0 Å². The lowest BCUT2D eigenvalue weighted by Gasteiger charge is -2.12. The molecule has 30 heavy (non-hydrogen) atoms. The van der Waals surface area contributed by atoms with Crippen LogP contribution in [0, 0.1) is 6.92 Å². The van der Waals surface area contributed by atoms with E-state index in [1.165, 1.54) is 0 Å². The van der Waals surface area contributed by atoms with Gasteiger partial charge < -0.3 is 19.6 Å². The van der Waals surface area contributed by atoms with Crippen LogP contribution < -0.4 is 14.8 Å². The first-order valence-corrected chi connectivity index (χ1v) is 9.47. The van der Waals surface area contributed by atoms with Crippen LogP contribution >= 0.6 is 0 Å². The molecule has 0 bridgehead atoms. The summed E-state index contributed by atoms with van der Waals surface area (Å²) in [6.07, 6.45) is -0.382. The Kier molecular flexibility index (Phi) is 5.38. The number of para-hydroxylation sites is 1. The summed E-state index contributed by atoms with van der Waals surface area (Å²) < 4.78 is 12.3. The number of benzene rings is 2. The second-order valence-corrected chi connectivity index (χ2v) is 6.81. The van der Waals surface area contributed by atoms with E-state index in [9.17, 15) is 4.79 Å². The van der Waals surface area contributed by atoms with Crippen LogP contribution in [0.1, 0.15) is 17.7 Å². The van der Waals surface area contributed by atoms with E-state index in [0.717, 1.165) is 16.9 Å². The number of aryl methyl sites for hydroxylation is 1. The first-order chi connectivity index (χ1) is 14.6. The number of methoxy groups -OCH3 is 2. The molecule has 1 amide bonds. The minimum absolute atomic E-state index is 0.286. The van der Waals surface area contributed by atoms with Crippen molar-refractivity contribution >= 4 is 17.4 Å². The van der Waals surface area contributed by atoms with E-state index in [1.807, 2.05) is 55.5 Å². The summed E-state index contributed by atoms with van der Waals surface area (Å²) in [5, 5.41) is 11.5. The van der Waals surface area contributed by atoms with Crippen LogP contribution in [0.5, 0.6) is 11.5 Å². The number of aromatic nitrogens is 2. The Balaban J connectivity index is 1.47. The number of rotatable bonds is 6. The van der Waals surface area contributed by atoms with Gasteiger partial charge in [0.2, 0.25) is 6.10 Å². The van der Waals surface area contributed by atoms with Gasteiger partial charge in [-0.1, -0.05) is 23.4 Å². The number of anilines is 1. The number of nitrogens with zero attached hydrogens (tertiary/aromatic N) is 3. The maximum absolute atomic E-state index is 12.8. The number of amides is 1. The molecule has 154 valence electrons. The largest absolute Gasteiger partial charge is 0.493 e. The number of hydrogen-bond acceptors (Lipinski definition) is 6. The highest BCUT2D eigenvalue weighted by atomic mass is 16.6. The Hall–Kier alpha value is -3.81. The summed E-state index contributed by atoms with van der Waals surface area (Å²) >= 11 is 0. The van der Waals surface area contributed by atoms with Gasteiger partial charge in [-0.3, -0.25) is 4.79 Å². The van der Waals surface area contributed by atoms with E-state index in [4.69, 9.17) is 14.3 Å². The molecule has 1 N–H and O–H groups in total. The molecule has 1 atom stereocenters. The van der Waals surface area contributed by atoms with Crippen molar-refractivity contribution < 1.29 is 19.1 Å². The molecule has 8 nitrogen and oxygen atoms in total. The Morgan fingerprint density at radius 3 is 2.60 bits per heavy atom. The van der Waals surface area contributed by atoms with E-state index in [0.29, 0.717) is 29.4 Å². The second kappa shape index (κ2) is 8.28. The Labute approximate surface area is 174 Å². The van der Waals surface area contributed by atoms with Crippen LogP contribution in [-0.2, 0) is 9.63 Å². The molecule has 0 saturated carbocycles. The van der Waals surface area contributed by atoms with Gasteiger partial charge in [0.25, 0.3) is 5.91 Å². The Bertz CT molecular complexity index is 1090. The molecule has 1 aliphatic rings. The molecule has 0 unspecified atom stereocenters. The van der Waals surface area contributed by atoms with Crippen molar-refractivity contribution in [3.8, 4) is 17.2 Å². The molecule has 2 aromatic carbocycles. The summed E-state index contributed by atoms with van der Waals surface area (Å²) in [7, 11) is 3.15. The molecule has 0 fully saturated rings. The molecule has 0 spiro atoms. The highest BCUT2D eigenvalue weighted by molar-refractivity contribution is 6.06. The van der Waals surface area contributed by atoms with Crippen molar-refractivity contribution in [2.75, 3.05) is 19.5 Å². The average molecular weight is 406 g/mol. The number of ether oxygens (including phenoxy) is 2. The molecule has 4 rings (SSSR count). The van der Waals surface area contributed by atoms with Gasteiger partial charge in [0, 0.05) is 18.1 Å². The number of carbonyl (C=O) groups is 1. The normalized spacial score (nSPS) is 15.3. The van der Waals surface area contributed by atoms with Crippen molar-refractivity contribution in [3.05, 3.63) is 65.9 Å². The van der Waals surface area contributed by atoms with Gasteiger partial charge >= 0.3 is 0 Å². The fourth-order valence-electron chi connectivity index (χ4n) is 3.27. The molecule has 0 radical (unpaired) electrons. The molecule has 3 aromatic rings. The van der Waals surface area contributed by atoms with E-state index < -0.39 is 6.10 Å². The van der Waals surface area contributed by atoms with Gasteiger partial charge in [-0.05, 0) is 37.3 Å². The zero-order chi connectivity index (χ0) is 21.1. The van der Waals surface area contributed by atoms with E-state index in [-0.39, 0.29) is 5.91 Å². The lowest BCUT2D eigenvalue weighted by molar-refractivity contribution is -0.125. The quantitative estimate of drug-likeness (QED) is 0.679. The van der Waals surface area contributed by atoms with E-state index >= 15 is 0 Å². The summed E-state index contributed by atoms with van der Waals surface area (Å²) in [6, 6.07) is 16.9. The molecule has 1 aromatic heterocycles. The first-order valence-electron chi connectivity index (χ1n) is 9.47. The van der Waals surface area contributed by atoms with Crippen molar-refractivity contribution in [2.45, 2.75) is 19.4 Å². The summed E-state index contributed by atoms with van der Waals surface area (Å²) in [5.74, 6) is 1.51. The highest BCUT2D eigenvalue weighted by Crippen LogP contribution is 2.29. The minimum atomic E-state index is -0.729. The van der Waals surface area contributed by atoms with Crippen molar-refractivity contribution in [1.29, 1.82) is 0 Å². The summed E-state index contributed by atoms with van der Waals surface area (Å²) in [6.45, 7) is 1.87. The predicted octanol–water partition coefficient (Wildman–Crippen LogP) is 3.33. The summed E-state index contributed by atoms with van der Waals surface area (Å²) in [4.78, 5) is 18.2. The zero-order valence-electron chi connectivity index (χ0n) is 17.0. The molecule has 8 heteroatoms. The molecule has 1 aliphatic heterocycles. The first kappa shape index (κ1) is 19.5. The molecular weight excluding hydrogens is 384 g/mol. The third-order valence-electron chi connectivity index (χ3n) is 4.76. The number of carbonyl (C=O) groups excluding carboxylic acids is 1. The van der Waals surface area contributed by atoms with Crippen LogP contribution in [0.25, 0.3) is 5.69 Å². The maximum Gasteiger partial charge on any atom is 0.269 e. The van der Waals surface area contributed by atoms with Gasteiger partial charge in [0.15, 0.2) is 11.5 Å². The van der Waals surface area contributed by atoms with Gasteiger partial charge in [0.1, 0.15) is 5.82 Å². The topological polar surface area (TPSA) is 87.0 Å². The predicted molar refractivity (Wildman–Crippen MR) is 113 cm³/mol. The van der Waals surface area contributed by atoms with Gasteiger partial charge in [-0.2, -0.15) is 5.10 Å². The van der Waals surface area contributed by atoms with E-state index in [2.05, 4.69) is 15.6 Å². The lowest BCUT2D eigenvalue weighted by atomic mass is 10.0.